The van der Waals surface area contributed by atoms with Gasteiger partial charge in [-0.25, -0.2) is 0 Å². The predicted octanol–water partition coefficient (Wildman–Crippen LogP) is 2.91. The number of nitrogens with one attached hydrogen (secondary N) is 1. The van der Waals surface area contributed by atoms with Crippen LogP contribution in [-0.4, -0.2) is 11.0 Å². The van der Waals surface area contributed by atoms with Crippen LogP contribution in [0.2, 0.25) is 0 Å². The van der Waals surface area contributed by atoms with Crippen molar-refractivity contribution in [1.82, 2.24) is 10.4 Å². The molecule has 102 valence electrons. The number of thiazole rings is 1. The number of rotatable bonds is 5. The zero-order valence-corrected chi connectivity index (χ0v) is 11.9. The molecule has 0 fully saturated rings. The van der Waals surface area contributed by atoms with E-state index in [2.05, 4.69) is 52.9 Å². The number of hydrazine groups is 1. The summed E-state index contributed by atoms with van der Waals surface area (Å²) < 4.78 is 0. The number of hydrogen-bond donors (Lipinski definition) is 2. The molecule has 0 amide bonds. The zero-order valence-electron chi connectivity index (χ0n) is 11.1. The molecule has 0 aliphatic carbocycles. The molecule has 3 N–H and O–H groups in total. The van der Waals surface area contributed by atoms with Gasteiger partial charge in [-0.2, -0.15) is 0 Å². The average molecular weight is 283 g/mol. The fourth-order valence-corrected chi connectivity index (χ4v) is 3.10. The van der Waals surface area contributed by atoms with Gasteiger partial charge in [0.15, 0.2) is 0 Å². The number of benzene rings is 2. The minimum atomic E-state index is 0.233. The van der Waals surface area contributed by atoms with Crippen LogP contribution in [0.3, 0.4) is 0 Å². The zero-order chi connectivity index (χ0) is 13.8. The molecule has 1 unspecified atom stereocenters. The summed E-state index contributed by atoms with van der Waals surface area (Å²) in [6, 6.07) is 15.2. The minimum absolute atomic E-state index is 0.233. The van der Waals surface area contributed by atoms with E-state index >= 15 is 0 Å². The maximum Gasteiger partial charge on any atom is 0.0794 e. The first-order valence-corrected chi connectivity index (χ1v) is 7.54. The Morgan fingerprint density at radius 1 is 1.10 bits per heavy atom. The second-order valence-electron chi connectivity index (χ2n) is 4.92. The summed E-state index contributed by atoms with van der Waals surface area (Å²) in [6.07, 6.45) is 3.74. The van der Waals surface area contributed by atoms with Crippen LogP contribution in [-0.2, 0) is 12.8 Å². The summed E-state index contributed by atoms with van der Waals surface area (Å²) >= 11 is 1.67. The molecule has 3 aromatic rings. The average Bonchev–Trinajstić information content (AvgIpc) is 2.99. The lowest BCUT2D eigenvalue weighted by Gasteiger charge is -2.15. The van der Waals surface area contributed by atoms with Gasteiger partial charge in [0.25, 0.3) is 0 Å². The van der Waals surface area contributed by atoms with Crippen LogP contribution in [0.1, 0.15) is 10.4 Å². The van der Waals surface area contributed by atoms with Crippen LogP contribution in [0.15, 0.2) is 54.2 Å². The molecular formula is C16H17N3S. The highest BCUT2D eigenvalue weighted by Crippen LogP contribution is 2.18. The van der Waals surface area contributed by atoms with Crippen molar-refractivity contribution in [1.29, 1.82) is 0 Å². The van der Waals surface area contributed by atoms with Gasteiger partial charge in [-0.3, -0.25) is 16.3 Å². The lowest BCUT2D eigenvalue weighted by Crippen LogP contribution is -2.38. The molecule has 0 saturated heterocycles. The van der Waals surface area contributed by atoms with E-state index in [1.54, 1.807) is 11.3 Å². The van der Waals surface area contributed by atoms with Crippen LogP contribution in [0, 0.1) is 0 Å². The molecule has 4 heteroatoms. The standard InChI is InChI=1S/C16H17N3S/c17-19-15(9-16-10-18-11-20-16)8-12-5-6-13-3-1-2-4-14(13)7-12/h1-7,10-11,15,19H,8-9,17H2. The molecule has 0 saturated carbocycles. The Balaban J connectivity index is 1.76. The molecular weight excluding hydrogens is 266 g/mol. The number of fused-ring (bicyclic) bond motifs is 1. The normalized spacial score (nSPS) is 12.7. The van der Waals surface area contributed by atoms with E-state index in [-0.39, 0.29) is 6.04 Å². The summed E-state index contributed by atoms with van der Waals surface area (Å²) in [5, 5.41) is 2.55. The van der Waals surface area contributed by atoms with Gasteiger partial charge in [0, 0.05) is 23.5 Å². The van der Waals surface area contributed by atoms with Crippen LogP contribution in [0.25, 0.3) is 10.8 Å². The van der Waals surface area contributed by atoms with Gasteiger partial charge in [-0.15, -0.1) is 11.3 Å². The molecule has 3 rings (SSSR count). The van der Waals surface area contributed by atoms with Gasteiger partial charge in [-0.1, -0.05) is 42.5 Å². The Bertz CT molecular complexity index is 679. The first kappa shape index (κ1) is 13.2. The van der Waals surface area contributed by atoms with Crippen molar-refractivity contribution in [2.75, 3.05) is 0 Å². The fourth-order valence-electron chi connectivity index (χ4n) is 2.43. The highest BCUT2D eigenvalue weighted by molar-refractivity contribution is 7.09. The second kappa shape index (κ2) is 6.13. The Labute approximate surface area is 122 Å². The minimum Gasteiger partial charge on any atom is -0.271 e. The first-order chi connectivity index (χ1) is 9.85. The van der Waals surface area contributed by atoms with Crippen molar-refractivity contribution >= 4 is 22.1 Å². The van der Waals surface area contributed by atoms with Crippen molar-refractivity contribution in [3.63, 3.8) is 0 Å². The summed E-state index contributed by atoms with van der Waals surface area (Å²) in [7, 11) is 0. The third-order valence-corrected chi connectivity index (χ3v) is 4.26. The van der Waals surface area contributed by atoms with Gasteiger partial charge >= 0.3 is 0 Å². The van der Waals surface area contributed by atoms with Gasteiger partial charge < -0.3 is 0 Å². The van der Waals surface area contributed by atoms with Crippen LogP contribution in [0.5, 0.6) is 0 Å². The largest absolute Gasteiger partial charge is 0.271 e. The van der Waals surface area contributed by atoms with Gasteiger partial charge in [0.05, 0.1) is 5.51 Å². The Hall–Kier alpha value is -1.75. The number of nitrogens with zero attached hydrogens (tertiary/aromatic N) is 1. The molecule has 1 atom stereocenters. The van der Waals surface area contributed by atoms with Crippen LogP contribution >= 0.6 is 11.3 Å². The lowest BCUT2D eigenvalue weighted by atomic mass is 10.00. The second-order valence-corrected chi connectivity index (χ2v) is 5.89. The van der Waals surface area contributed by atoms with E-state index in [0.29, 0.717) is 0 Å². The third-order valence-electron chi connectivity index (χ3n) is 3.46. The van der Waals surface area contributed by atoms with E-state index in [1.165, 1.54) is 21.2 Å². The molecule has 2 aromatic carbocycles. The molecule has 1 heterocycles. The highest BCUT2D eigenvalue weighted by atomic mass is 32.1. The fraction of sp³-hybridized carbons (Fsp3) is 0.188. The first-order valence-electron chi connectivity index (χ1n) is 6.66. The van der Waals surface area contributed by atoms with Gasteiger partial charge in [-0.05, 0) is 22.8 Å². The predicted molar refractivity (Wildman–Crippen MR) is 84.6 cm³/mol. The van der Waals surface area contributed by atoms with Crippen LogP contribution in [0.4, 0.5) is 0 Å². The Morgan fingerprint density at radius 2 is 1.95 bits per heavy atom. The highest BCUT2D eigenvalue weighted by Gasteiger charge is 2.10. The summed E-state index contributed by atoms with van der Waals surface area (Å²) in [6.45, 7) is 0. The van der Waals surface area contributed by atoms with E-state index in [1.807, 2.05) is 11.7 Å². The topological polar surface area (TPSA) is 50.9 Å². The number of aromatic nitrogens is 1. The molecule has 0 aliphatic rings. The van der Waals surface area contributed by atoms with Crippen molar-refractivity contribution in [2.45, 2.75) is 18.9 Å². The third kappa shape index (κ3) is 3.04. The molecule has 0 aliphatic heterocycles. The van der Waals surface area contributed by atoms with E-state index in [0.717, 1.165) is 12.8 Å². The van der Waals surface area contributed by atoms with Crippen LogP contribution < -0.4 is 11.3 Å². The van der Waals surface area contributed by atoms with Crippen molar-refractivity contribution in [3.05, 3.63) is 64.6 Å². The maximum absolute atomic E-state index is 5.68. The summed E-state index contributed by atoms with van der Waals surface area (Å²) in [5.74, 6) is 5.68. The molecule has 0 radical (unpaired) electrons. The smallest absolute Gasteiger partial charge is 0.0794 e. The van der Waals surface area contributed by atoms with Crippen molar-refractivity contribution in [2.24, 2.45) is 5.84 Å². The SMILES string of the molecule is NNC(Cc1ccc2ccccc2c1)Cc1cncs1. The summed E-state index contributed by atoms with van der Waals surface area (Å²) in [4.78, 5) is 5.37. The maximum atomic E-state index is 5.68. The van der Waals surface area contributed by atoms with E-state index in [9.17, 15) is 0 Å². The molecule has 3 nitrogen and oxygen atoms in total. The number of nitrogens with two attached hydrogens (primary N) is 1. The molecule has 1 aromatic heterocycles. The Morgan fingerprint density at radius 3 is 2.70 bits per heavy atom. The lowest BCUT2D eigenvalue weighted by molar-refractivity contribution is 0.525. The molecule has 0 spiro atoms. The van der Waals surface area contributed by atoms with Crippen molar-refractivity contribution < 1.29 is 0 Å². The molecule has 20 heavy (non-hydrogen) atoms. The Kier molecular flexibility index (Phi) is 4.06. The quantitative estimate of drug-likeness (QED) is 0.559. The number of hydrogen-bond acceptors (Lipinski definition) is 4. The van der Waals surface area contributed by atoms with Crippen molar-refractivity contribution in [3.8, 4) is 0 Å². The molecule has 0 bridgehead atoms. The summed E-state index contributed by atoms with van der Waals surface area (Å²) in [5.41, 5.74) is 6.08. The van der Waals surface area contributed by atoms with Gasteiger partial charge in [0.2, 0.25) is 0 Å². The van der Waals surface area contributed by atoms with E-state index < -0.39 is 0 Å². The monoisotopic (exact) mass is 283 g/mol. The van der Waals surface area contributed by atoms with E-state index in [4.69, 9.17) is 5.84 Å². The van der Waals surface area contributed by atoms with Gasteiger partial charge in [0.1, 0.15) is 0 Å².